The van der Waals surface area contributed by atoms with E-state index in [2.05, 4.69) is 34.8 Å². The molecule has 2 aliphatic heterocycles. The molecule has 2 aromatic heterocycles. The average molecular weight is 458 g/mol. The number of carbonyl (C=O) groups excluding carboxylic acids is 1. The van der Waals surface area contributed by atoms with Gasteiger partial charge in [0.2, 0.25) is 5.91 Å². The fourth-order valence-corrected chi connectivity index (χ4v) is 4.85. The molecule has 2 fully saturated rings. The minimum absolute atomic E-state index is 0.0127. The van der Waals surface area contributed by atoms with Gasteiger partial charge < -0.3 is 20.7 Å². The van der Waals surface area contributed by atoms with E-state index < -0.39 is 0 Å². The Morgan fingerprint density at radius 1 is 1.25 bits per heavy atom. The molecule has 2 aliphatic rings. The maximum absolute atomic E-state index is 12.6. The number of carbonyl (C=O) groups is 1. The van der Waals surface area contributed by atoms with E-state index in [1.54, 1.807) is 12.3 Å². The van der Waals surface area contributed by atoms with Gasteiger partial charge in [-0.1, -0.05) is 17.7 Å². The minimum Gasteiger partial charge on any atom is -0.376 e. The number of rotatable bonds is 6. The molecule has 2 saturated heterocycles. The van der Waals surface area contributed by atoms with Gasteiger partial charge in [-0.25, -0.2) is 9.97 Å². The minimum atomic E-state index is -0.0362. The third kappa shape index (κ3) is 5.97. The second-order valence-electron chi connectivity index (χ2n) is 8.97. The summed E-state index contributed by atoms with van der Waals surface area (Å²) in [6, 6.07) is 7.64. The van der Waals surface area contributed by atoms with Crippen molar-refractivity contribution in [1.82, 2.24) is 15.3 Å². The van der Waals surface area contributed by atoms with Gasteiger partial charge >= 0.3 is 0 Å². The van der Waals surface area contributed by atoms with Crippen LogP contribution in [0.25, 0.3) is 11.3 Å². The summed E-state index contributed by atoms with van der Waals surface area (Å²) in [5, 5.41) is 10.2. The number of nitrogens with one attached hydrogen (secondary N) is 3. The largest absolute Gasteiger partial charge is 0.376 e. The van der Waals surface area contributed by atoms with Gasteiger partial charge in [0, 0.05) is 24.8 Å². The number of aromatic nitrogens is 2. The first-order valence-electron chi connectivity index (χ1n) is 11.5. The maximum atomic E-state index is 12.6. The smallest absolute Gasteiger partial charge is 0.229 e. The number of piperidine rings is 1. The molecule has 32 heavy (non-hydrogen) atoms. The lowest BCUT2D eigenvalue weighted by Gasteiger charge is -2.32. The van der Waals surface area contributed by atoms with Crippen molar-refractivity contribution in [1.29, 1.82) is 0 Å². The number of nitrogens with zero attached hydrogens (tertiary/aromatic N) is 2. The summed E-state index contributed by atoms with van der Waals surface area (Å²) in [5.41, 5.74) is 1.49. The monoisotopic (exact) mass is 457 g/mol. The van der Waals surface area contributed by atoms with Crippen molar-refractivity contribution >= 4 is 29.1 Å². The van der Waals surface area contributed by atoms with E-state index in [-0.39, 0.29) is 11.8 Å². The maximum Gasteiger partial charge on any atom is 0.229 e. The average Bonchev–Trinajstić information content (AvgIpc) is 2.79. The quantitative estimate of drug-likeness (QED) is 0.597. The van der Waals surface area contributed by atoms with Crippen LogP contribution < -0.4 is 16.0 Å². The number of hydrogen-bond acceptors (Lipinski definition) is 6. The van der Waals surface area contributed by atoms with Crippen molar-refractivity contribution < 1.29 is 9.53 Å². The molecule has 4 rings (SSSR count). The van der Waals surface area contributed by atoms with Crippen molar-refractivity contribution in [3.05, 3.63) is 35.5 Å². The van der Waals surface area contributed by atoms with Crippen LogP contribution in [-0.2, 0) is 9.53 Å². The van der Waals surface area contributed by atoms with Crippen molar-refractivity contribution in [3.8, 4) is 11.3 Å². The van der Waals surface area contributed by atoms with E-state index in [9.17, 15) is 4.79 Å². The van der Waals surface area contributed by atoms with E-state index in [0.717, 1.165) is 55.8 Å². The number of halogens is 1. The van der Waals surface area contributed by atoms with Crippen molar-refractivity contribution in [2.75, 3.05) is 30.3 Å². The lowest BCUT2D eigenvalue weighted by molar-refractivity contribution is -0.120. The van der Waals surface area contributed by atoms with Crippen LogP contribution in [0.1, 0.15) is 39.5 Å². The lowest BCUT2D eigenvalue weighted by atomic mass is 9.92. The zero-order chi connectivity index (χ0) is 22.5. The number of hydrogen-bond donors (Lipinski definition) is 3. The number of anilines is 2. The predicted octanol–water partition coefficient (Wildman–Crippen LogP) is 4.35. The van der Waals surface area contributed by atoms with E-state index in [1.807, 2.05) is 18.2 Å². The number of amides is 1. The zero-order valence-corrected chi connectivity index (χ0v) is 19.5. The van der Waals surface area contributed by atoms with Crippen molar-refractivity contribution in [2.24, 2.45) is 11.8 Å². The van der Waals surface area contributed by atoms with Gasteiger partial charge in [0.05, 0.1) is 28.8 Å². The molecular weight excluding hydrogens is 426 g/mol. The Morgan fingerprint density at radius 2 is 2.06 bits per heavy atom. The van der Waals surface area contributed by atoms with Crippen molar-refractivity contribution in [2.45, 2.75) is 51.7 Å². The molecule has 0 saturated carbocycles. The summed E-state index contributed by atoms with van der Waals surface area (Å²) < 4.78 is 5.84. The Kier molecular flexibility index (Phi) is 7.60. The highest BCUT2D eigenvalue weighted by atomic mass is 35.5. The molecule has 4 heterocycles. The molecule has 8 heteroatoms. The third-order valence-electron chi connectivity index (χ3n) is 6.17. The Bertz CT molecular complexity index is 924. The molecule has 0 aromatic carbocycles. The summed E-state index contributed by atoms with van der Waals surface area (Å²) in [6.45, 7) is 6.79. The van der Waals surface area contributed by atoms with Crippen molar-refractivity contribution in [3.63, 3.8) is 0 Å². The second-order valence-corrected chi connectivity index (χ2v) is 9.37. The fourth-order valence-electron chi connectivity index (χ4n) is 4.65. The van der Waals surface area contributed by atoms with Gasteiger partial charge in [0.15, 0.2) is 0 Å². The van der Waals surface area contributed by atoms with Gasteiger partial charge in [0.1, 0.15) is 11.6 Å². The normalized spacial score (nSPS) is 25.8. The molecule has 3 unspecified atom stereocenters. The van der Waals surface area contributed by atoms with Gasteiger partial charge in [-0.3, -0.25) is 4.79 Å². The summed E-state index contributed by atoms with van der Waals surface area (Å²) in [4.78, 5) is 21.6. The van der Waals surface area contributed by atoms with E-state index >= 15 is 0 Å². The van der Waals surface area contributed by atoms with Gasteiger partial charge in [-0.15, -0.1) is 0 Å². The van der Waals surface area contributed by atoms with Gasteiger partial charge in [-0.2, -0.15) is 0 Å². The zero-order valence-electron chi connectivity index (χ0n) is 18.7. The Morgan fingerprint density at radius 3 is 2.81 bits per heavy atom. The second kappa shape index (κ2) is 10.6. The van der Waals surface area contributed by atoms with Gasteiger partial charge in [0.25, 0.3) is 0 Å². The highest BCUT2D eigenvalue weighted by molar-refractivity contribution is 6.33. The molecule has 172 valence electrons. The van der Waals surface area contributed by atoms with Crippen LogP contribution in [0.15, 0.2) is 30.5 Å². The summed E-state index contributed by atoms with van der Waals surface area (Å²) in [7, 11) is 0. The summed E-state index contributed by atoms with van der Waals surface area (Å²) >= 11 is 6.44. The van der Waals surface area contributed by atoms with E-state index in [1.165, 1.54) is 0 Å². The molecule has 0 bridgehead atoms. The Labute approximate surface area is 194 Å². The molecular formula is C24H32ClN5O2. The van der Waals surface area contributed by atoms with Crippen LogP contribution in [0.5, 0.6) is 0 Å². The first kappa shape index (κ1) is 23.0. The first-order chi connectivity index (χ1) is 15.5. The van der Waals surface area contributed by atoms with Crippen LogP contribution in [0.4, 0.5) is 11.6 Å². The highest BCUT2D eigenvalue weighted by Gasteiger charge is 2.24. The molecule has 7 nitrogen and oxygen atoms in total. The van der Waals surface area contributed by atoms with Crippen LogP contribution in [-0.4, -0.2) is 47.7 Å². The third-order valence-corrected chi connectivity index (χ3v) is 6.47. The van der Waals surface area contributed by atoms with E-state index in [4.69, 9.17) is 21.3 Å². The molecule has 0 aliphatic carbocycles. The fraction of sp³-hybridized carbons (Fsp3) is 0.542. The summed E-state index contributed by atoms with van der Waals surface area (Å²) in [5.74, 6) is 1.80. The van der Waals surface area contributed by atoms with Crippen LogP contribution >= 0.6 is 11.6 Å². The molecule has 0 spiro atoms. The molecule has 0 radical (unpaired) electrons. The van der Waals surface area contributed by atoms with Crippen LogP contribution in [0.2, 0.25) is 5.02 Å². The summed E-state index contributed by atoms with van der Waals surface area (Å²) in [6.07, 6.45) is 6.14. The molecule has 1 amide bonds. The SMILES string of the molecule is CC1CC(CNc2cccc(-c3cc(NC(=O)C4CCCNC4)ncc3Cl)n2)C[C@@H](C)O1. The first-order valence-corrected chi connectivity index (χ1v) is 11.9. The predicted molar refractivity (Wildman–Crippen MR) is 128 cm³/mol. The topological polar surface area (TPSA) is 88.2 Å². The van der Waals surface area contributed by atoms with E-state index in [0.29, 0.717) is 35.5 Å². The Balaban J connectivity index is 1.43. The molecule has 4 atom stereocenters. The molecule has 3 N–H and O–H groups in total. The van der Waals surface area contributed by atoms with Crippen LogP contribution in [0.3, 0.4) is 0 Å². The number of pyridine rings is 2. The Hall–Kier alpha value is -2.22. The molecule has 2 aromatic rings. The van der Waals surface area contributed by atoms with Gasteiger partial charge in [-0.05, 0) is 70.2 Å². The highest BCUT2D eigenvalue weighted by Crippen LogP contribution is 2.30. The van der Waals surface area contributed by atoms with Crippen LogP contribution in [0, 0.1) is 11.8 Å². The lowest BCUT2D eigenvalue weighted by Crippen LogP contribution is -2.37. The standard InChI is InChI=1S/C24H32ClN5O2/c1-15-9-17(10-16(2)32-15)12-27-22-7-3-6-21(29-22)19-11-23(28-14-20(19)25)30-24(31)18-5-4-8-26-13-18/h3,6-7,11,14-18,26H,4-5,8-10,12-13H2,1-2H3,(H,27,29)(H,28,30,31)/t15-,16?,17?,18?/m1/s1. The number of ether oxygens (including phenoxy) is 1.